The summed E-state index contributed by atoms with van der Waals surface area (Å²) in [4.78, 5) is 0. The Morgan fingerprint density at radius 3 is 2.33 bits per heavy atom. The van der Waals surface area contributed by atoms with Crippen LogP contribution in [0.1, 0.15) is 30.9 Å². The van der Waals surface area contributed by atoms with E-state index in [-0.39, 0.29) is 0 Å². The first-order valence-electron chi connectivity index (χ1n) is 4.88. The van der Waals surface area contributed by atoms with Crippen molar-refractivity contribution in [2.75, 3.05) is 11.0 Å². The number of aryl methyl sites for hydroxylation is 1. The van der Waals surface area contributed by atoms with E-state index >= 15 is 0 Å². The van der Waals surface area contributed by atoms with Crippen molar-refractivity contribution in [2.45, 2.75) is 26.7 Å². The van der Waals surface area contributed by atoms with E-state index in [0.717, 1.165) is 6.26 Å². The lowest BCUT2D eigenvalue weighted by atomic mass is 9.98. The van der Waals surface area contributed by atoms with Crippen molar-refractivity contribution in [1.82, 2.24) is 0 Å². The molecule has 0 atom stereocenters. The SMILES string of the molecule is Cc1ccc(NS(C)(=O)=O)cc1C(C)C. The van der Waals surface area contributed by atoms with E-state index in [1.54, 1.807) is 6.07 Å². The summed E-state index contributed by atoms with van der Waals surface area (Å²) in [6.07, 6.45) is 1.15. The molecule has 0 saturated heterocycles. The number of hydrogen-bond acceptors (Lipinski definition) is 2. The van der Waals surface area contributed by atoms with Gasteiger partial charge in [0, 0.05) is 5.69 Å². The van der Waals surface area contributed by atoms with Gasteiger partial charge in [-0.1, -0.05) is 19.9 Å². The van der Waals surface area contributed by atoms with E-state index in [9.17, 15) is 8.42 Å². The van der Waals surface area contributed by atoms with Crippen molar-refractivity contribution in [2.24, 2.45) is 0 Å². The Morgan fingerprint density at radius 1 is 1.27 bits per heavy atom. The van der Waals surface area contributed by atoms with Crippen molar-refractivity contribution in [3.63, 3.8) is 0 Å². The van der Waals surface area contributed by atoms with E-state index in [1.165, 1.54) is 11.1 Å². The van der Waals surface area contributed by atoms with Gasteiger partial charge in [0.1, 0.15) is 0 Å². The largest absolute Gasteiger partial charge is 0.284 e. The smallest absolute Gasteiger partial charge is 0.229 e. The first-order chi connectivity index (χ1) is 6.79. The molecule has 1 aromatic rings. The molecule has 1 aromatic carbocycles. The van der Waals surface area contributed by atoms with Gasteiger partial charge in [0.25, 0.3) is 0 Å². The molecule has 0 radical (unpaired) electrons. The first-order valence-corrected chi connectivity index (χ1v) is 6.77. The number of nitrogens with one attached hydrogen (secondary N) is 1. The Morgan fingerprint density at radius 2 is 1.87 bits per heavy atom. The van der Waals surface area contributed by atoms with Crippen molar-refractivity contribution in [1.29, 1.82) is 0 Å². The van der Waals surface area contributed by atoms with Crippen LogP contribution in [0.2, 0.25) is 0 Å². The summed E-state index contributed by atoms with van der Waals surface area (Å²) in [5.41, 5.74) is 2.99. The Balaban J connectivity index is 3.08. The molecule has 0 unspecified atom stereocenters. The van der Waals surface area contributed by atoms with Crippen LogP contribution >= 0.6 is 0 Å². The fourth-order valence-corrected chi connectivity index (χ4v) is 2.10. The minimum atomic E-state index is -3.18. The maximum Gasteiger partial charge on any atom is 0.229 e. The van der Waals surface area contributed by atoms with Gasteiger partial charge in [0.15, 0.2) is 0 Å². The van der Waals surface area contributed by atoms with Crippen LogP contribution < -0.4 is 4.72 Å². The third-order valence-corrected chi connectivity index (χ3v) is 2.81. The summed E-state index contributed by atoms with van der Waals surface area (Å²) < 4.78 is 24.6. The van der Waals surface area contributed by atoms with Crippen LogP contribution in [-0.2, 0) is 10.0 Å². The third kappa shape index (κ3) is 3.55. The van der Waals surface area contributed by atoms with Gasteiger partial charge in [-0.3, -0.25) is 4.72 Å². The van der Waals surface area contributed by atoms with Crippen LogP contribution in [0, 0.1) is 6.92 Å². The average molecular weight is 227 g/mol. The zero-order valence-corrected chi connectivity index (χ0v) is 10.4. The number of rotatable bonds is 3. The van der Waals surface area contributed by atoms with Crippen LogP contribution in [-0.4, -0.2) is 14.7 Å². The van der Waals surface area contributed by atoms with Gasteiger partial charge in [-0.05, 0) is 36.1 Å². The van der Waals surface area contributed by atoms with Gasteiger partial charge < -0.3 is 0 Å². The van der Waals surface area contributed by atoms with Gasteiger partial charge >= 0.3 is 0 Å². The molecule has 0 amide bonds. The van der Waals surface area contributed by atoms with Crippen molar-refractivity contribution < 1.29 is 8.42 Å². The maximum absolute atomic E-state index is 11.1. The second kappa shape index (κ2) is 4.23. The number of anilines is 1. The highest BCUT2D eigenvalue weighted by molar-refractivity contribution is 7.92. The van der Waals surface area contributed by atoms with Crippen molar-refractivity contribution in [3.05, 3.63) is 29.3 Å². The molecule has 3 nitrogen and oxygen atoms in total. The molecule has 0 aliphatic heterocycles. The second-order valence-electron chi connectivity index (χ2n) is 4.10. The van der Waals surface area contributed by atoms with Crippen LogP contribution in [0.3, 0.4) is 0 Å². The van der Waals surface area contributed by atoms with E-state index in [0.29, 0.717) is 11.6 Å². The molecule has 0 spiro atoms. The predicted octanol–water partition coefficient (Wildman–Crippen LogP) is 2.49. The Bertz CT molecular complexity index is 450. The topological polar surface area (TPSA) is 46.2 Å². The zero-order valence-electron chi connectivity index (χ0n) is 9.53. The van der Waals surface area contributed by atoms with Gasteiger partial charge in [-0.25, -0.2) is 8.42 Å². The summed E-state index contributed by atoms with van der Waals surface area (Å²) in [6.45, 7) is 6.21. The van der Waals surface area contributed by atoms with Crippen molar-refractivity contribution in [3.8, 4) is 0 Å². The standard InChI is InChI=1S/C11H17NO2S/c1-8(2)11-7-10(6-5-9(11)3)12-15(4,13)14/h5-8,12H,1-4H3. The molecule has 0 fully saturated rings. The zero-order chi connectivity index (χ0) is 11.6. The van der Waals surface area contributed by atoms with E-state index < -0.39 is 10.0 Å². The molecule has 84 valence electrons. The number of sulfonamides is 1. The Kier molecular flexibility index (Phi) is 3.39. The number of hydrogen-bond donors (Lipinski definition) is 1. The van der Waals surface area contributed by atoms with E-state index in [4.69, 9.17) is 0 Å². The quantitative estimate of drug-likeness (QED) is 0.862. The Labute approximate surface area is 91.6 Å². The van der Waals surface area contributed by atoms with Crippen LogP contribution in [0.5, 0.6) is 0 Å². The molecule has 0 aliphatic rings. The molecular formula is C11H17NO2S. The van der Waals surface area contributed by atoms with Gasteiger partial charge in [0.05, 0.1) is 6.26 Å². The molecule has 4 heteroatoms. The fourth-order valence-electron chi connectivity index (χ4n) is 1.54. The van der Waals surface area contributed by atoms with Gasteiger partial charge in [-0.15, -0.1) is 0 Å². The van der Waals surface area contributed by atoms with Gasteiger partial charge in [0.2, 0.25) is 10.0 Å². The lowest BCUT2D eigenvalue weighted by Gasteiger charge is -2.12. The maximum atomic E-state index is 11.1. The molecule has 0 heterocycles. The lowest BCUT2D eigenvalue weighted by molar-refractivity contribution is 0.607. The normalized spacial score (nSPS) is 11.8. The summed E-state index contributed by atoms with van der Waals surface area (Å²) in [7, 11) is -3.18. The summed E-state index contributed by atoms with van der Waals surface area (Å²) >= 11 is 0. The highest BCUT2D eigenvalue weighted by atomic mass is 32.2. The molecule has 15 heavy (non-hydrogen) atoms. The predicted molar refractivity (Wildman–Crippen MR) is 63.7 cm³/mol. The minimum absolute atomic E-state index is 0.395. The molecule has 1 rings (SSSR count). The molecule has 0 saturated carbocycles. The van der Waals surface area contributed by atoms with Crippen LogP contribution in [0.15, 0.2) is 18.2 Å². The highest BCUT2D eigenvalue weighted by Gasteiger charge is 2.07. The van der Waals surface area contributed by atoms with E-state index in [1.807, 2.05) is 19.1 Å². The van der Waals surface area contributed by atoms with Crippen LogP contribution in [0.25, 0.3) is 0 Å². The monoisotopic (exact) mass is 227 g/mol. The third-order valence-electron chi connectivity index (χ3n) is 2.20. The Hall–Kier alpha value is -1.03. The molecule has 0 bridgehead atoms. The minimum Gasteiger partial charge on any atom is -0.284 e. The fraction of sp³-hybridized carbons (Fsp3) is 0.455. The van der Waals surface area contributed by atoms with Crippen molar-refractivity contribution >= 4 is 15.7 Å². The number of benzene rings is 1. The van der Waals surface area contributed by atoms with Crippen LogP contribution in [0.4, 0.5) is 5.69 Å². The average Bonchev–Trinajstić information content (AvgIpc) is 2.05. The lowest BCUT2D eigenvalue weighted by Crippen LogP contribution is -2.10. The highest BCUT2D eigenvalue weighted by Crippen LogP contribution is 2.23. The summed E-state index contributed by atoms with van der Waals surface area (Å²) in [5.74, 6) is 0.395. The summed E-state index contributed by atoms with van der Waals surface area (Å²) in [6, 6.07) is 5.60. The summed E-state index contributed by atoms with van der Waals surface area (Å²) in [5, 5.41) is 0. The molecule has 0 aliphatic carbocycles. The second-order valence-corrected chi connectivity index (χ2v) is 5.85. The molecule has 1 N–H and O–H groups in total. The van der Waals surface area contributed by atoms with E-state index in [2.05, 4.69) is 18.6 Å². The van der Waals surface area contributed by atoms with Gasteiger partial charge in [-0.2, -0.15) is 0 Å². The molecule has 0 aromatic heterocycles. The first kappa shape index (κ1) is 12.0. The molecular weight excluding hydrogens is 210 g/mol.